The van der Waals surface area contributed by atoms with E-state index in [-0.39, 0.29) is 10.6 Å². The van der Waals surface area contributed by atoms with Crippen LogP contribution in [0.25, 0.3) is 28.1 Å². The zero-order chi connectivity index (χ0) is 25.2. The van der Waals surface area contributed by atoms with Gasteiger partial charge in [0, 0.05) is 39.4 Å². The van der Waals surface area contributed by atoms with E-state index in [1.807, 2.05) is 65.4 Å². The van der Waals surface area contributed by atoms with Gasteiger partial charge >= 0.3 is 0 Å². The molecule has 0 aliphatic rings. The minimum atomic E-state index is -0.362. The van der Waals surface area contributed by atoms with Gasteiger partial charge in [-0.05, 0) is 59.7 Å². The van der Waals surface area contributed by atoms with Gasteiger partial charge in [0.1, 0.15) is 5.82 Å². The Balaban J connectivity index is 1.64. The van der Waals surface area contributed by atoms with Gasteiger partial charge in [0.05, 0.1) is 21.2 Å². The van der Waals surface area contributed by atoms with E-state index in [0.29, 0.717) is 27.7 Å². The SMILES string of the molecule is O=[N+]([O-])c1ccccc1-c1cccc(-n2cc(-c3ccc(Cl)cc3Cl)nc2Cc2ccc(Br)cc2)c1. The highest BCUT2D eigenvalue weighted by molar-refractivity contribution is 9.10. The second kappa shape index (κ2) is 10.3. The van der Waals surface area contributed by atoms with Crippen molar-refractivity contribution in [3.63, 3.8) is 0 Å². The molecule has 178 valence electrons. The van der Waals surface area contributed by atoms with Gasteiger partial charge < -0.3 is 4.57 Å². The van der Waals surface area contributed by atoms with E-state index in [1.54, 1.807) is 30.3 Å². The smallest absolute Gasteiger partial charge is 0.277 e. The van der Waals surface area contributed by atoms with Crippen molar-refractivity contribution in [3.8, 4) is 28.1 Å². The number of nitro benzene ring substituents is 1. The number of hydrogen-bond acceptors (Lipinski definition) is 3. The van der Waals surface area contributed by atoms with E-state index in [2.05, 4.69) is 15.9 Å². The summed E-state index contributed by atoms with van der Waals surface area (Å²) in [4.78, 5) is 16.2. The first kappa shape index (κ1) is 24.3. The molecule has 0 spiro atoms. The van der Waals surface area contributed by atoms with Crippen molar-refractivity contribution in [2.45, 2.75) is 6.42 Å². The highest BCUT2D eigenvalue weighted by Gasteiger charge is 2.17. The fraction of sp³-hybridized carbons (Fsp3) is 0.0357. The molecule has 0 aliphatic heterocycles. The van der Waals surface area contributed by atoms with Crippen molar-refractivity contribution < 1.29 is 4.92 Å². The molecule has 0 unspecified atom stereocenters. The first-order chi connectivity index (χ1) is 17.4. The Morgan fingerprint density at radius 3 is 2.42 bits per heavy atom. The summed E-state index contributed by atoms with van der Waals surface area (Å²) < 4.78 is 3.00. The number of para-hydroxylation sites is 1. The summed E-state index contributed by atoms with van der Waals surface area (Å²) in [5.41, 5.74) is 4.76. The number of aromatic nitrogens is 2. The average molecular weight is 579 g/mol. The predicted octanol–water partition coefficient (Wildman–Crippen LogP) is 8.77. The van der Waals surface area contributed by atoms with Crippen molar-refractivity contribution in [1.29, 1.82) is 0 Å². The Morgan fingerprint density at radius 2 is 1.67 bits per heavy atom. The second-order valence-electron chi connectivity index (χ2n) is 8.16. The first-order valence-electron chi connectivity index (χ1n) is 11.0. The molecule has 4 aromatic carbocycles. The minimum Gasteiger partial charge on any atom is -0.303 e. The Hall–Kier alpha value is -3.45. The molecule has 0 radical (unpaired) electrons. The Kier molecular flexibility index (Phi) is 6.92. The summed E-state index contributed by atoms with van der Waals surface area (Å²) in [5.74, 6) is 0.804. The summed E-state index contributed by atoms with van der Waals surface area (Å²) in [6, 6.07) is 27.8. The lowest BCUT2D eigenvalue weighted by Crippen LogP contribution is -2.02. The average Bonchev–Trinajstić information content (AvgIpc) is 3.29. The lowest BCUT2D eigenvalue weighted by molar-refractivity contribution is -0.384. The van der Waals surface area contributed by atoms with Crippen LogP contribution in [-0.2, 0) is 6.42 Å². The van der Waals surface area contributed by atoms with E-state index in [1.165, 1.54) is 6.07 Å². The third-order valence-corrected chi connectivity index (χ3v) is 6.87. The molecule has 5 aromatic rings. The maximum absolute atomic E-state index is 11.6. The van der Waals surface area contributed by atoms with Crippen molar-refractivity contribution in [2.24, 2.45) is 0 Å². The molecule has 0 amide bonds. The van der Waals surface area contributed by atoms with Crippen LogP contribution in [0, 0.1) is 10.1 Å². The number of hydrogen-bond donors (Lipinski definition) is 0. The molecule has 5 rings (SSSR count). The summed E-state index contributed by atoms with van der Waals surface area (Å²) in [6.45, 7) is 0. The van der Waals surface area contributed by atoms with E-state index in [9.17, 15) is 10.1 Å². The summed E-state index contributed by atoms with van der Waals surface area (Å²) in [6.07, 6.45) is 2.51. The molecule has 0 fully saturated rings. The number of nitrogens with zero attached hydrogens (tertiary/aromatic N) is 3. The van der Waals surface area contributed by atoms with Gasteiger partial charge in [-0.1, -0.05) is 75.5 Å². The Labute approximate surface area is 226 Å². The monoisotopic (exact) mass is 577 g/mol. The van der Waals surface area contributed by atoms with Gasteiger partial charge in [-0.3, -0.25) is 10.1 Å². The minimum absolute atomic E-state index is 0.0593. The van der Waals surface area contributed by atoms with E-state index < -0.39 is 0 Å². The van der Waals surface area contributed by atoms with Gasteiger partial charge in [-0.15, -0.1) is 0 Å². The molecule has 0 saturated carbocycles. The van der Waals surface area contributed by atoms with Crippen molar-refractivity contribution in [2.75, 3.05) is 0 Å². The maximum Gasteiger partial charge on any atom is 0.277 e. The van der Waals surface area contributed by atoms with Crippen LogP contribution in [0.2, 0.25) is 10.0 Å². The summed E-state index contributed by atoms with van der Waals surface area (Å²) >= 11 is 16.1. The molecule has 0 saturated heterocycles. The van der Waals surface area contributed by atoms with Gasteiger partial charge in [0.2, 0.25) is 0 Å². The third kappa shape index (κ3) is 5.07. The molecule has 0 atom stereocenters. The topological polar surface area (TPSA) is 61.0 Å². The molecule has 0 bridgehead atoms. The zero-order valence-electron chi connectivity index (χ0n) is 18.7. The van der Waals surface area contributed by atoms with Crippen molar-refractivity contribution in [1.82, 2.24) is 9.55 Å². The molecular formula is C28H18BrCl2N3O2. The molecule has 1 heterocycles. The van der Waals surface area contributed by atoms with E-state index in [4.69, 9.17) is 28.2 Å². The second-order valence-corrected chi connectivity index (χ2v) is 9.92. The van der Waals surface area contributed by atoms with Crippen LogP contribution in [0.4, 0.5) is 5.69 Å². The van der Waals surface area contributed by atoms with E-state index in [0.717, 1.165) is 32.7 Å². The fourth-order valence-electron chi connectivity index (χ4n) is 4.08. The molecule has 1 aromatic heterocycles. The highest BCUT2D eigenvalue weighted by atomic mass is 79.9. The van der Waals surface area contributed by atoms with Gasteiger partial charge in [0.15, 0.2) is 0 Å². The molecule has 8 heteroatoms. The molecule has 5 nitrogen and oxygen atoms in total. The van der Waals surface area contributed by atoms with Crippen LogP contribution in [0.5, 0.6) is 0 Å². The highest BCUT2D eigenvalue weighted by Crippen LogP contribution is 2.34. The standard InChI is InChI=1S/C28H18BrCl2N3O2/c29-20-10-8-18(9-11-20)14-28-32-26(24-13-12-21(30)16-25(24)31)17-33(28)22-5-3-4-19(15-22)23-6-1-2-7-27(23)34(35)36/h1-13,15-17H,14H2. The lowest BCUT2D eigenvalue weighted by Gasteiger charge is -2.10. The molecule has 36 heavy (non-hydrogen) atoms. The van der Waals surface area contributed by atoms with Crippen molar-refractivity contribution in [3.05, 3.63) is 133 Å². The quantitative estimate of drug-likeness (QED) is 0.149. The zero-order valence-corrected chi connectivity index (χ0v) is 21.8. The molecular weight excluding hydrogens is 561 g/mol. The number of rotatable bonds is 6. The van der Waals surface area contributed by atoms with Crippen LogP contribution in [-0.4, -0.2) is 14.5 Å². The number of nitro groups is 1. The molecule has 0 aliphatic carbocycles. The first-order valence-corrected chi connectivity index (χ1v) is 12.6. The number of imidazole rings is 1. The van der Waals surface area contributed by atoms with Crippen LogP contribution < -0.4 is 0 Å². The van der Waals surface area contributed by atoms with Crippen molar-refractivity contribution >= 4 is 44.8 Å². The molecule has 0 N–H and O–H groups in total. The van der Waals surface area contributed by atoms with Gasteiger partial charge in [-0.2, -0.15) is 0 Å². The Bertz CT molecular complexity index is 1580. The largest absolute Gasteiger partial charge is 0.303 e. The fourth-order valence-corrected chi connectivity index (χ4v) is 4.85. The number of halogens is 3. The summed E-state index contributed by atoms with van der Waals surface area (Å²) in [5, 5.41) is 12.7. The van der Waals surface area contributed by atoms with Crippen LogP contribution in [0.3, 0.4) is 0 Å². The normalized spacial score (nSPS) is 11.0. The maximum atomic E-state index is 11.6. The summed E-state index contributed by atoms with van der Waals surface area (Å²) in [7, 11) is 0. The van der Waals surface area contributed by atoms with Crippen LogP contribution in [0.15, 0.2) is 102 Å². The van der Waals surface area contributed by atoms with Crippen LogP contribution >= 0.6 is 39.1 Å². The number of benzene rings is 4. The lowest BCUT2D eigenvalue weighted by atomic mass is 10.0. The van der Waals surface area contributed by atoms with Crippen LogP contribution in [0.1, 0.15) is 11.4 Å². The van der Waals surface area contributed by atoms with Gasteiger partial charge in [-0.25, -0.2) is 4.98 Å². The predicted molar refractivity (Wildman–Crippen MR) is 148 cm³/mol. The van der Waals surface area contributed by atoms with Gasteiger partial charge in [0.25, 0.3) is 5.69 Å². The van der Waals surface area contributed by atoms with E-state index >= 15 is 0 Å². The third-order valence-electron chi connectivity index (χ3n) is 5.80. The Morgan fingerprint density at radius 1 is 0.889 bits per heavy atom.